The van der Waals surface area contributed by atoms with Crippen molar-refractivity contribution in [3.8, 4) is 11.1 Å². The van der Waals surface area contributed by atoms with Crippen molar-refractivity contribution in [3.05, 3.63) is 69.6 Å². The Labute approximate surface area is 168 Å². The van der Waals surface area contributed by atoms with Crippen LogP contribution in [-0.4, -0.2) is 17.6 Å². The van der Waals surface area contributed by atoms with Crippen LogP contribution in [-0.2, 0) is 4.74 Å². The number of pyridine rings is 1. The van der Waals surface area contributed by atoms with Crippen LogP contribution < -0.4 is 5.56 Å². The van der Waals surface area contributed by atoms with Crippen LogP contribution in [0.15, 0.2) is 53.3 Å². The number of methoxy groups -OCH3 is 1. The second kappa shape index (κ2) is 7.80. The largest absolute Gasteiger partial charge is 0.464 e. The zero-order chi connectivity index (χ0) is 19.7. The molecule has 1 aliphatic carbocycles. The highest BCUT2D eigenvalue weighted by Gasteiger charge is 2.28. The molecule has 2 aromatic carbocycles. The zero-order valence-electron chi connectivity index (χ0n) is 15.8. The summed E-state index contributed by atoms with van der Waals surface area (Å²) in [6.45, 7) is 0. The molecule has 0 N–H and O–H groups in total. The predicted molar refractivity (Wildman–Crippen MR) is 112 cm³/mol. The van der Waals surface area contributed by atoms with Crippen LogP contribution in [0.1, 0.15) is 48.6 Å². The Morgan fingerprint density at radius 1 is 1.04 bits per heavy atom. The van der Waals surface area contributed by atoms with Gasteiger partial charge >= 0.3 is 5.97 Å². The summed E-state index contributed by atoms with van der Waals surface area (Å²) in [7, 11) is 1.36. The lowest BCUT2D eigenvalue weighted by molar-refractivity contribution is 0.0583. The molecule has 0 aliphatic heterocycles. The molecule has 4 rings (SSSR count). The van der Waals surface area contributed by atoms with Gasteiger partial charge in [0.25, 0.3) is 5.56 Å². The zero-order valence-corrected chi connectivity index (χ0v) is 16.5. The van der Waals surface area contributed by atoms with Crippen molar-refractivity contribution in [2.24, 2.45) is 0 Å². The molecule has 4 nitrogen and oxygen atoms in total. The molecule has 3 aromatic rings. The molecule has 1 fully saturated rings. The molecule has 1 heterocycles. The van der Waals surface area contributed by atoms with Crippen LogP contribution in [0.4, 0.5) is 0 Å². The summed E-state index contributed by atoms with van der Waals surface area (Å²) in [6, 6.07) is 14.9. The molecule has 1 aliphatic rings. The summed E-state index contributed by atoms with van der Waals surface area (Å²) in [5.74, 6) is -0.497. The first-order valence-corrected chi connectivity index (χ1v) is 10.0. The minimum Gasteiger partial charge on any atom is -0.464 e. The summed E-state index contributed by atoms with van der Waals surface area (Å²) < 4.78 is 6.82. The molecule has 0 unspecified atom stereocenters. The predicted octanol–water partition coefficient (Wildman–Crippen LogP) is 5.61. The van der Waals surface area contributed by atoms with Gasteiger partial charge in [-0.25, -0.2) is 4.79 Å². The molecule has 28 heavy (non-hydrogen) atoms. The van der Waals surface area contributed by atoms with E-state index in [0.717, 1.165) is 37.7 Å². The summed E-state index contributed by atoms with van der Waals surface area (Å²) in [4.78, 5) is 26.4. The lowest BCUT2D eigenvalue weighted by atomic mass is 9.92. The van der Waals surface area contributed by atoms with Gasteiger partial charge in [-0.1, -0.05) is 61.2 Å². The van der Waals surface area contributed by atoms with Gasteiger partial charge < -0.3 is 4.74 Å². The topological polar surface area (TPSA) is 48.3 Å². The van der Waals surface area contributed by atoms with E-state index in [0.29, 0.717) is 27.1 Å². The maximum atomic E-state index is 13.5. The first-order valence-electron chi connectivity index (χ1n) is 9.63. The quantitative estimate of drug-likeness (QED) is 0.541. The van der Waals surface area contributed by atoms with E-state index in [1.165, 1.54) is 7.11 Å². The van der Waals surface area contributed by atoms with Crippen molar-refractivity contribution in [3.63, 3.8) is 0 Å². The van der Waals surface area contributed by atoms with Gasteiger partial charge in [-0.2, -0.15) is 0 Å². The van der Waals surface area contributed by atoms with Gasteiger partial charge in [0.1, 0.15) is 5.69 Å². The minimum absolute atomic E-state index is 0.00195. The number of hydrogen-bond acceptors (Lipinski definition) is 3. The van der Waals surface area contributed by atoms with Crippen molar-refractivity contribution in [2.75, 3.05) is 7.11 Å². The number of carbonyl (C=O) groups is 1. The molecule has 144 valence electrons. The lowest BCUT2D eigenvalue weighted by Crippen LogP contribution is -2.32. The third-order valence-electron chi connectivity index (χ3n) is 5.56. The highest BCUT2D eigenvalue weighted by Crippen LogP contribution is 2.36. The summed E-state index contributed by atoms with van der Waals surface area (Å²) >= 11 is 6.26. The fourth-order valence-corrected chi connectivity index (χ4v) is 4.44. The normalized spacial score (nSPS) is 14.9. The van der Waals surface area contributed by atoms with Gasteiger partial charge in [0.2, 0.25) is 0 Å². The Morgan fingerprint density at radius 2 is 1.75 bits per heavy atom. The number of fused-ring (bicyclic) bond motifs is 1. The Kier molecular flexibility index (Phi) is 5.23. The first-order chi connectivity index (χ1) is 13.6. The van der Waals surface area contributed by atoms with Gasteiger partial charge in [0, 0.05) is 22.0 Å². The maximum Gasteiger partial charge on any atom is 0.355 e. The molecular weight excluding hydrogens is 374 g/mol. The van der Waals surface area contributed by atoms with Crippen LogP contribution in [0.25, 0.3) is 21.9 Å². The molecule has 0 radical (unpaired) electrons. The first kappa shape index (κ1) is 18.8. The Morgan fingerprint density at radius 3 is 2.43 bits per heavy atom. The Hall–Kier alpha value is -2.59. The van der Waals surface area contributed by atoms with Crippen molar-refractivity contribution in [2.45, 2.75) is 38.1 Å². The van der Waals surface area contributed by atoms with Crippen molar-refractivity contribution in [1.82, 2.24) is 4.57 Å². The molecule has 0 spiro atoms. The standard InChI is InChI=1S/C23H22ClNO3/c1-28-23(27)21-20(15-8-4-2-5-9-15)19-14-16(24)12-13-18(19)22(26)25(21)17-10-6-3-7-11-17/h2,4-5,8-9,12-14,17H,3,6-7,10-11H2,1H3. The van der Waals surface area contributed by atoms with E-state index in [2.05, 4.69) is 0 Å². The van der Waals surface area contributed by atoms with Crippen LogP contribution in [0, 0.1) is 0 Å². The molecule has 0 saturated heterocycles. The fraction of sp³-hybridized carbons (Fsp3) is 0.304. The summed E-state index contributed by atoms with van der Waals surface area (Å²) in [5.41, 5.74) is 1.73. The molecule has 5 heteroatoms. The van der Waals surface area contributed by atoms with Crippen LogP contribution in [0.2, 0.25) is 5.02 Å². The lowest BCUT2D eigenvalue weighted by Gasteiger charge is -2.28. The number of carbonyl (C=O) groups excluding carboxylic acids is 1. The molecular formula is C23H22ClNO3. The van der Waals surface area contributed by atoms with E-state index < -0.39 is 5.97 Å². The van der Waals surface area contributed by atoms with Gasteiger partial charge in [0.15, 0.2) is 0 Å². The molecule has 0 atom stereocenters. The van der Waals surface area contributed by atoms with E-state index in [9.17, 15) is 9.59 Å². The number of ether oxygens (including phenoxy) is 1. The molecule has 0 amide bonds. The van der Waals surface area contributed by atoms with Crippen molar-refractivity contribution >= 4 is 28.3 Å². The number of benzene rings is 2. The number of rotatable bonds is 3. The van der Waals surface area contributed by atoms with Crippen LogP contribution in [0.5, 0.6) is 0 Å². The second-order valence-corrected chi connectivity index (χ2v) is 7.67. The number of halogens is 1. The van der Waals surface area contributed by atoms with Gasteiger partial charge in [-0.3, -0.25) is 9.36 Å². The van der Waals surface area contributed by atoms with E-state index in [1.54, 1.807) is 22.8 Å². The Bertz CT molecular complexity index is 1080. The smallest absolute Gasteiger partial charge is 0.355 e. The number of aromatic nitrogens is 1. The van der Waals surface area contributed by atoms with E-state index in [-0.39, 0.29) is 11.6 Å². The second-order valence-electron chi connectivity index (χ2n) is 7.24. The molecule has 1 aromatic heterocycles. The van der Waals surface area contributed by atoms with Crippen LogP contribution in [0.3, 0.4) is 0 Å². The van der Waals surface area contributed by atoms with Crippen LogP contribution >= 0.6 is 11.6 Å². The third kappa shape index (κ3) is 3.22. The number of hydrogen-bond donors (Lipinski definition) is 0. The third-order valence-corrected chi connectivity index (χ3v) is 5.79. The molecule has 0 bridgehead atoms. The van der Waals surface area contributed by atoms with Gasteiger partial charge in [0.05, 0.1) is 7.11 Å². The Balaban J connectivity index is 2.16. The van der Waals surface area contributed by atoms with Gasteiger partial charge in [-0.15, -0.1) is 0 Å². The maximum absolute atomic E-state index is 13.5. The monoisotopic (exact) mass is 395 g/mol. The van der Waals surface area contributed by atoms with E-state index in [1.807, 2.05) is 30.3 Å². The van der Waals surface area contributed by atoms with Crippen molar-refractivity contribution in [1.29, 1.82) is 0 Å². The van der Waals surface area contributed by atoms with E-state index >= 15 is 0 Å². The fourth-order valence-electron chi connectivity index (χ4n) is 4.27. The highest BCUT2D eigenvalue weighted by molar-refractivity contribution is 6.31. The number of esters is 1. The SMILES string of the molecule is COC(=O)c1c(-c2ccccc2)c2cc(Cl)ccc2c(=O)n1C1CCCCC1. The average Bonchev–Trinajstić information content (AvgIpc) is 2.74. The van der Waals surface area contributed by atoms with Crippen molar-refractivity contribution < 1.29 is 9.53 Å². The summed E-state index contributed by atoms with van der Waals surface area (Å²) in [5, 5.41) is 1.77. The highest BCUT2D eigenvalue weighted by atomic mass is 35.5. The van der Waals surface area contributed by atoms with Gasteiger partial charge in [-0.05, 0) is 42.0 Å². The average molecular weight is 396 g/mol. The summed E-state index contributed by atoms with van der Waals surface area (Å²) in [6.07, 6.45) is 5.04. The minimum atomic E-state index is -0.497. The number of nitrogens with zero attached hydrogens (tertiary/aromatic N) is 1. The molecule has 1 saturated carbocycles. The van der Waals surface area contributed by atoms with E-state index in [4.69, 9.17) is 16.3 Å².